The summed E-state index contributed by atoms with van der Waals surface area (Å²) in [5.74, 6) is -0.572. The number of nitrogens with zero attached hydrogens (tertiary/aromatic N) is 7. The zero-order chi connectivity index (χ0) is 25.9. The van der Waals surface area contributed by atoms with Gasteiger partial charge in [-0.05, 0) is 32.9 Å². The Bertz CT molecular complexity index is 1440. The Labute approximate surface area is 214 Å². The lowest BCUT2D eigenvalue weighted by atomic mass is 10.2. The van der Waals surface area contributed by atoms with E-state index in [2.05, 4.69) is 42.7 Å². The van der Waals surface area contributed by atoms with E-state index >= 15 is 0 Å². The van der Waals surface area contributed by atoms with E-state index in [4.69, 9.17) is 0 Å². The largest absolute Gasteiger partial charge is 0.351 e. The fourth-order valence-electron chi connectivity index (χ4n) is 4.71. The van der Waals surface area contributed by atoms with Crippen LogP contribution in [0.25, 0.3) is 16.8 Å². The molecule has 0 atom stereocenters. The van der Waals surface area contributed by atoms with Gasteiger partial charge in [0.25, 0.3) is 11.8 Å². The van der Waals surface area contributed by atoms with E-state index in [-0.39, 0.29) is 11.8 Å². The fourth-order valence-corrected chi connectivity index (χ4v) is 4.71. The number of likely N-dealkylation sites (N-methyl/N-ethyl adjacent to an activating group) is 1. The van der Waals surface area contributed by atoms with Crippen LogP contribution in [0.3, 0.4) is 0 Å². The lowest BCUT2D eigenvalue weighted by molar-refractivity contribution is 0.0945. The average molecular weight is 502 g/mol. The number of pyridine rings is 1. The highest BCUT2D eigenvalue weighted by molar-refractivity contribution is 6.09. The number of hydrogen-bond donors (Lipinski definition) is 2. The van der Waals surface area contributed by atoms with Crippen molar-refractivity contribution in [3.8, 4) is 11.3 Å². The summed E-state index contributed by atoms with van der Waals surface area (Å²) >= 11 is 0. The molecule has 11 heteroatoms. The normalized spacial score (nSPS) is 13.9. The second-order valence-electron chi connectivity index (χ2n) is 9.55. The van der Waals surface area contributed by atoms with Crippen molar-refractivity contribution >= 4 is 23.0 Å². The van der Waals surface area contributed by atoms with Gasteiger partial charge >= 0.3 is 0 Å². The number of nitrogens with one attached hydrogen (secondary N) is 2. The van der Waals surface area contributed by atoms with Crippen LogP contribution in [0.5, 0.6) is 0 Å². The third-order valence-electron chi connectivity index (χ3n) is 6.95. The first kappa shape index (κ1) is 24.6. The molecule has 0 saturated heterocycles. The quantitative estimate of drug-likeness (QED) is 0.381. The molecule has 2 N–H and O–H groups in total. The van der Waals surface area contributed by atoms with Crippen molar-refractivity contribution in [2.75, 3.05) is 25.5 Å². The van der Waals surface area contributed by atoms with Crippen molar-refractivity contribution in [2.45, 2.75) is 38.6 Å². The van der Waals surface area contributed by atoms with Gasteiger partial charge in [0.05, 0.1) is 58.5 Å². The summed E-state index contributed by atoms with van der Waals surface area (Å²) in [5.41, 5.74) is 3.97. The maximum absolute atomic E-state index is 13.1. The smallest absolute Gasteiger partial charge is 0.259 e. The fraction of sp³-hybridized carbons (Fsp3) is 0.385. The molecule has 0 aliphatic heterocycles. The standard InChI is InChI=1S/C26H31N9O2/c1-17-22(10-18(11-28-17)25(36)27-8-9-33(2)20-6-4-5-7-20)32-26(37)21-13-31-35-16-23(29-14-24(21)35)19-12-30-34(3)15-19/h10-16,20H,4-9H2,1-3H3,(H,27,36)(H,32,37). The molecule has 1 saturated carbocycles. The minimum Gasteiger partial charge on any atom is -0.351 e. The van der Waals surface area contributed by atoms with Crippen molar-refractivity contribution < 1.29 is 9.59 Å². The molecule has 4 aromatic rings. The zero-order valence-electron chi connectivity index (χ0n) is 21.3. The Morgan fingerprint density at radius 3 is 2.62 bits per heavy atom. The van der Waals surface area contributed by atoms with Gasteiger partial charge in [0.1, 0.15) is 0 Å². The molecule has 5 rings (SSSR count). The summed E-state index contributed by atoms with van der Waals surface area (Å²) in [6, 6.07) is 2.26. The van der Waals surface area contributed by atoms with E-state index in [1.807, 2.05) is 13.2 Å². The zero-order valence-corrected chi connectivity index (χ0v) is 21.3. The monoisotopic (exact) mass is 501 g/mol. The van der Waals surface area contributed by atoms with Crippen LogP contribution in [-0.2, 0) is 7.05 Å². The first-order valence-corrected chi connectivity index (χ1v) is 12.5. The molecule has 192 valence electrons. The number of amides is 2. The van der Waals surface area contributed by atoms with Gasteiger partial charge in [0, 0.05) is 44.1 Å². The highest BCUT2D eigenvalue weighted by Gasteiger charge is 2.20. The third kappa shape index (κ3) is 5.36. The Morgan fingerprint density at radius 2 is 1.86 bits per heavy atom. The molecule has 37 heavy (non-hydrogen) atoms. The molecular weight excluding hydrogens is 470 g/mol. The van der Waals surface area contributed by atoms with E-state index in [0.29, 0.717) is 46.3 Å². The van der Waals surface area contributed by atoms with Crippen LogP contribution in [0, 0.1) is 6.92 Å². The summed E-state index contributed by atoms with van der Waals surface area (Å²) in [7, 11) is 3.95. The summed E-state index contributed by atoms with van der Waals surface area (Å²) < 4.78 is 3.31. The van der Waals surface area contributed by atoms with E-state index in [1.165, 1.54) is 38.1 Å². The topological polar surface area (TPSA) is 122 Å². The van der Waals surface area contributed by atoms with E-state index in [1.54, 1.807) is 40.8 Å². The Balaban J connectivity index is 1.25. The lowest BCUT2D eigenvalue weighted by Gasteiger charge is -2.23. The number of fused-ring (bicyclic) bond motifs is 1. The Hall–Kier alpha value is -4.12. The van der Waals surface area contributed by atoms with Crippen LogP contribution >= 0.6 is 0 Å². The van der Waals surface area contributed by atoms with E-state index < -0.39 is 0 Å². The van der Waals surface area contributed by atoms with Crippen molar-refractivity contribution in [3.63, 3.8) is 0 Å². The van der Waals surface area contributed by atoms with Gasteiger partial charge in [-0.2, -0.15) is 10.2 Å². The molecule has 4 aromatic heterocycles. The minimum atomic E-state index is -0.355. The van der Waals surface area contributed by atoms with Gasteiger partial charge < -0.3 is 15.5 Å². The SMILES string of the molecule is Cc1ncc(C(=O)NCCN(C)C2CCCC2)cc1NC(=O)c1cnn2cc(-c3cnn(C)c3)ncc12. The molecule has 1 aliphatic carbocycles. The van der Waals surface area contributed by atoms with Crippen molar-refractivity contribution in [1.29, 1.82) is 0 Å². The molecule has 0 radical (unpaired) electrons. The van der Waals surface area contributed by atoms with Crippen molar-refractivity contribution in [2.24, 2.45) is 7.05 Å². The van der Waals surface area contributed by atoms with E-state index in [9.17, 15) is 9.59 Å². The van der Waals surface area contributed by atoms with Crippen LogP contribution in [0.15, 0.2) is 43.2 Å². The number of anilines is 1. The van der Waals surface area contributed by atoms with Gasteiger partial charge in [0.2, 0.25) is 0 Å². The summed E-state index contributed by atoms with van der Waals surface area (Å²) in [4.78, 5) is 37.0. The number of rotatable bonds is 8. The first-order valence-electron chi connectivity index (χ1n) is 12.5. The number of hydrogen-bond acceptors (Lipinski definition) is 7. The van der Waals surface area contributed by atoms with Crippen LogP contribution in [-0.4, -0.2) is 72.3 Å². The van der Waals surface area contributed by atoms with Crippen LogP contribution in [0.2, 0.25) is 0 Å². The maximum Gasteiger partial charge on any atom is 0.259 e. The number of aryl methyl sites for hydroxylation is 2. The molecular formula is C26H31N9O2. The lowest BCUT2D eigenvalue weighted by Crippen LogP contribution is -2.37. The molecule has 2 amide bonds. The number of carbonyl (C=O) groups is 2. The molecule has 1 fully saturated rings. The maximum atomic E-state index is 13.1. The van der Waals surface area contributed by atoms with Gasteiger partial charge in [-0.15, -0.1) is 0 Å². The number of carbonyl (C=O) groups excluding carboxylic acids is 2. The first-order chi connectivity index (χ1) is 17.9. The van der Waals surface area contributed by atoms with Gasteiger partial charge in [-0.1, -0.05) is 12.8 Å². The number of aromatic nitrogens is 6. The predicted octanol–water partition coefficient (Wildman–Crippen LogP) is 2.69. The van der Waals surface area contributed by atoms with Crippen molar-refractivity contribution in [3.05, 3.63) is 60.1 Å². The van der Waals surface area contributed by atoms with Gasteiger partial charge in [-0.25, -0.2) is 4.52 Å². The molecule has 0 unspecified atom stereocenters. The second-order valence-corrected chi connectivity index (χ2v) is 9.55. The highest BCUT2D eigenvalue weighted by Crippen LogP contribution is 2.22. The van der Waals surface area contributed by atoms with Crippen LogP contribution < -0.4 is 10.6 Å². The molecule has 0 bridgehead atoms. The summed E-state index contributed by atoms with van der Waals surface area (Å²) in [6.45, 7) is 3.13. The highest BCUT2D eigenvalue weighted by atomic mass is 16.2. The molecule has 1 aliphatic rings. The van der Waals surface area contributed by atoms with Crippen LogP contribution in [0.4, 0.5) is 5.69 Å². The Morgan fingerprint density at radius 1 is 1.05 bits per heavy atom. The van der Waals surface area contributed by atoms with Gasteiger partial charge in [0.15, 0.2) is 0 Å². The van der Waals surface area contributed by atoms with Crippen LogP contribution in [0.1, 0.15) is 52.1 Å². The second kappa shape index (κ2) is 10.5. The Kier molecular flexibility index (Phi) is 6.95. The third-order valence-corrected chi connectivity index (χ3v) is 6.95. The molecule has 11 nitrogen and oxygen atoms in total. The summed E-state index contributed by atoms with van der Waals surface area (Å²) in [5, 5.41) is 14.3. The molecule has 4 heterocycles. The summed E-state index contributed by atoms with van der Waals surface area (Å²) in [6.07, 6.45) is 15.0. The molecule has 0 spiro atoms. The minimum absolute atomic E-state index is 0.217. The van der Waals surface area contributed by atoms with E-state index in [0.717, 1.165) is 12.1 Å². The predicted molar refractivity (Wildman–Crippen MR) is 139 cm³/mol. The van der Waals surface area contributed by atoms with Gasteiger partial charge in [-0.3, -0.25) is 24.2 Å². The molecule has 0 aromatic carbocycles. The van der Waals surface area contributed by atoms with Crippen molar-refractivity contribution in [1.82, 2.24) is 39.6 Å². The average Bonchev–Trinajstić information content (AvgIpc) is 3.65.